The molecule has 2 aromatic rings. The second-order valence-corrected chi connectivity index (χ2v) is 5.44. The fraction of sp³-hybridized carbons (Fsp3) is 0.188. The van der Waals surface area contributed by atoms with Gasteiger partial charge < -0.3 is 14.6 Å². The quantitative estimate of drug-likeness (QED) is 0.860. The maximum Gasteiger partial charge on any atom is 0.345 e. The highest BCUT2D eigenvalue weighted by Crippen LogP contribution is 2.26. The summed E-state index contributed by atoms with van der Waals surface area (Å²) in [7, 11) is 1.51. The van der Waals surface area contributed by atoms with Crippen molar-refractivity contribution in [1.82, 2.24) is 0 Å². The summed E-state index contributed by atoms with van der Waals surface area (Å²) in [5.41, 5.74) is 0.657. The van der Waals surface area contributed by atoms with Crippen LogP contribution in [0.5, 0.6) is 11.5 Å². The number of rotatable bonds is 6. The van der Waals surface area contributed by atoms with E-state index in [0.29, 0.717) is 27.1 Å². The van der Waals surface area contributed by atoms with Gasteiger partial charge in [0.05, 0.1) is 7.11 Å². The SMILES string of the molecule is COc1ccc(Cl)cc1C[C@@H](Oc1cccc(Cl)c1)C(=O)O. The van der Waals surface area contributed by atoms with Gasteiger partial charge in [0.1, 0.15) is 11.5 Å². The number of carbonyl (C=O) groups is 1. The van der Waals surface area contributed by atoms with Gasteiger partial charge in [0.25, 0.3) is 0 Å². The summed E-state index contributed by atoms with van der Waals surface area (Å²) in [5.74, 6) is -0.131. The molecule has 0 bridgehead atoms. The Bertz CT molecular complexity index is 673. The normalized spacial score (nSPS) is 11.8. The van der Waals surface area contributed by atoms with Crippen molar-refractivity contribution in [2.24, 2.45) is 0 Å². The highest BCUT2D eigenvalue weighted by atomic mass is 35.5. The third kappa shape index (κ3) is 4.29. The van der Waals surface area contributed by atoms with Gasteiger partial charge in [0.15, 0.2) is 6.10 Å². The summed E-state index contributed by atoms with van der Waals surface area (Å²) in [4.78, 5) is 11.4. The molecule has 0 unspecified atom stereocenters. The minimum Gasteiger partial charge on any atom is -0.496 e. The number of halogens is 2. The summed E-state index contributed by atoms with van der Waals surface area (Å²) in [5, 5.41) is 10.3. The molecule has 2 aromatic carbocycles. The van der Waals surface area contributed by atoms with E-state index in [2.05, 4.69) is 0 Å². The van der Waals surface area contributed by atoms with E-state index in [-0.39, 0.29) is 6.42 Å². The Morgan fingerprint density at radius 3 is 2.55 bits per heavy atom. The third-order valence-electron chi connectivity index (χ3n) is 3.00. The third-order valence-corrected chi connectivity index (χ3v) is 3.47. The smallest absolute Gasteiger partial charge is 0.345 e. The molecule has 0 amide bonds. The molecule has 6 heteroatoms. The van der Waals surface area contributed by atoms with Gasteiger partial charge in [-0.05, 0) is 42.0 Å². The van der Waals surface area contributed by atoms with Crippen LogP contribution in [0.3, 0.4) is 0 Å². The lowest BCUT2D eigenvalue weighted by Crippen LogP contribution is -2.29. The van der Waals surface area contributed by atoms with Gasteiger partial charge in [-0.3, -0.25) is 0 Å². The molecule has 0 aliphatic carbocycles. The largest absolute Gasteiger partial charge is 0.496 e. The molecule has 0 aliphatic heterocycles. The summed E-state index contributed by atoms with van der Waals surface area (Å²) in [6, 6.07) is 11.6. The van der Waals surface area contributed by atoms with E-state index in [0.717, 1.165) is 0 Å². The van der Waals surface area contributed by atoms with Gasteiger partial charge in [-0.15, -0.1) is 0 Å². The van der Waals surface area contributed by atoms with Crippen molar-refractivity contribution in [2.75, 3.05) is 7.11 Å². The molecule has 0 aromatic heterocycles. The number of carboxylic acid groups (broad SMARTS) is 1. The average molecular weight is 341 g/mol. The van der Waals surface area contributed by atoms with Crippen LogP contribution in [0.15, 0.2) is 42.5 Å². The monoisotopic (exact) mass is 340 g/mol. The van der Waals surface area contributed by atoms with Gasteiger partial charge in [-0.1, -0.05) is 29.3 Å². The Balaban J connectivity index is 2.22. The fourth-order valence-electron chi connectivity index (χ4n) is 1.99. The fourth-order valence-corrected chi connectivity index (χ4v) is 2.37. The molecule has 4 nitrogen and oxygen atoms in total. The van der Waals surface area contributed by atoms with Crippen molar-refractivity contribution >= 4 is 29.2 Å². The number of carboxylic acids is 1. The first-order valence-corrected chi connectivity index (χ1v) is 7.22. The van der Waals surface area contributed by atoms with Gasteiger partial charge in [0.2, 0.25) is 0 Å². The van der Waals surface area contributed by atoms with E-state index in [4.69, 9.17) is 32.7 Å². The van der Waals surface area contributed by atoms with Gasteiger partial charge in [-0.2, -0.15) is 0 Å². The number of methoxy groups -OCH3 is 1. The Morgan fingerprint density at radius 2 is 1.91 bits per heavy atom. The minimum atomic E-state index is -1.08. The molecule has 116 valence electrons. The minimum absolute atomic E-state index is 0.117. The Morgan fingerprint density at radius 1 is 1.18 bits per heavy atom. The van der Waals surface area contributed by atoms with E-state index < -0.39 is 12.1 Å². The number of hydrogen-bond acceptors (Lipinski definition) is 3. The van der Waals surface area contributed by atoms with Crippen molar-refractivity contribution < 1.29 is 19.4 Å². The lowest BCUT2D eigenvalue weighted by Gasteiger charge is -2.17. The maximum absolute atomic E-state index is 11.4. The molecule has 1 atom stereocenters. The van der Waals surface area contributed by atoms with Crippen LogP contribution in [0, 0.1) is 0 Å². The van der Waals surface area contributed by atoms with Crippen LogP contribution < -0.4 is 9.47 Å². The molecule has 0 aliphatic rings. The van der Waals surface area contributed by atoms with E-state index >= 15 is 0 Å². The molecule has 0 saturated heterocycles. The zero-order chi connectivity index (χ0) is 16.1. The molecule has 22 heavy (non-hydrogen) atoms. The Labute approximate surface area is 138 Å². The molecule has 1 N–H and O–H groups in total. The first-order chi connectivity index (χ1) is 10.5. The van der Waals surface area contributed by atoms with Crippen molar-refractivity contribution in [3.05, 3.63) is 58.1 Å². The van der Waals surface area contributed by atoms with E-state index in [1.165, 1.54) is 7.11 Å². The van der Waals surface area contributed by atoms with E-state index in [1.807, 2.05) is 0 Å². The van der Waals surface area contributed by atoms with Gasteiger partial charge >= 0.3 is 5.97 Å². The van der Waals surface area contributed by atoms with Gasteiger partial charge in [0, 0.05) is 16.5 Å². The zero-order valence-electron chi connectivity index (χ0n) is 11.8. The first-order valence-electron chi connectivity index (χ1n) is 6.47. The molecular formula is C16H14Cl2O4. The summed E-state index contributed by atoms with van der Waals surface area (Å²) >= 11 is 11.8. The lowest BCUT2D eigenvalue weighted by molar-refractivity contribution is -0.145. The highest BCUT2D eigenvalue weighted by Gasteiger charge is 2.22. The van der Waals surface area contributed by atoms with Crippen molar-refractivity contribution in [3.8, 4) is 11.5 Å². The van der Waals surface area contributed by atoms with Crippen LogP contribution in [0.2, 0.25) is 10.0 Å². The predicted octanol–water partition coefficient (Wildman–Crippen LogP) is 4.08. The summed E-state index contributed by atoms with van der Waals surface area (Å²) in [6.07, 6.45) is -0.961. The van der Waals surface area contributed by atoms with Crippen LogP contribution in [0.4, 0.5) is 0 Å². The Hall–Kier alpha value is -1.91. The van der Waals surface area contributed by atoms with Crippen LogP contribution in [-0.2, 0) is 11.2 Å². The number of ether oxygens (including phenoxy) is 2. The Kier molecular flexibility index (Phi) is 5.52. The second-order valence-electron chi connectivity index (χ2n) is 4.56. The van der Waals surface area contributed by atoms with Crippen LogP contribution in [0.25, 0.3) is 0 Å². The van der Waals surface area contributed by atoms with E-state index in [9.17, 15) is 9.90 Å². The second kappa shape index (κ2) is 7.38. The van der Waals surface area contributed by atoms with Gasteiger partial charge in [-0.25, -0.2) is 4.79 Å². The molecular weight excluding hydrogens is 327 g/mol. The maximum atomic E-state index is 11.4. The standard InChI is InChI=1S/C16H14Cl2O4/c1-21-14-6-5-12(18)7-10(14)8-15(16(19)20)22-13-4-2-3-11(17)9-13/h2-7,9,15H,8H2,1H3,(H,19,20)/t15-/m1/s1. The summed E-state index contributed by atoms with van der Waals surface area (Å²) < 4.78 is 10.7. The summed E-state index contributed by atoms with van der Waals surface area (Å²) in [6.45, 7) is 0. The molecule has 0 radical (unpaired) electrons. The molecule has 0 spiro atoms. The first kappa shape index (κ1) is 16.5. The number of hydrogen-bond donors (Lipinski definition) is 1. The van der Waals surface area contributed by atoms with Crippen LogP contribution >= 0.6 is 23.2 Å². The average Bonchev–Trinajstić information content (AvgIpc) is 2.47. The highest BCUT2D eigenvalue weighted by molar-refractivity contribution is 6.31. The molecule has 2 rings (SSSR count). The lowest BCUT2D eigenvalue weighted by atomic mass is 10.1. The van der Waals surface area contributed by atoms with E-state index in [1.54, 1.807) is 42.5 Å². The van der Waals surface area contributed by atoms with Crippen molar-refractivity contribution in [2.45, 2.75) is 12.5 Å². The topological polar surface area (TPSA) is 55.8 Å². The van der Waals surface area contributed by atoms with Crippen LogP contribution in [0.1, 0.15) is 5.56 Å². The number of benzene rings is 2. The molecule has 0 fully saturated rings. The molecule has 0 saturated carbocycles. The number of aliphatic carboxylic acids is 1. The zero-order valence-corrected chi connectivity index (χ0v) is 13.3. The van der Waals surface area contributed by atoms with Crippen molar-refractivity contribution in [1.29, 1.82) is 0 Å². The van der Waals surface area contributed by atoms with Crippen molar-refractivity contribution in [3.63, 3.8) is 0 Å². The molecule has 0 heterocycles. The van der Waals surface area contributed by atoms with Crippen LogP contribution in [-0.4, -0.2) is 24.3 Å². The predicted molar refractivity (Wildman–Crippen MR) is 85.2 cm³/mol.